The van der Waals surface area contributed by atoms with Gasteiger partial charge in [-0.3, -0.25) is 0 Å². The molecule has 4 heteroatoms. The first-order chi connectivity index (χ1) is 9.92. The molecule has 0 unspecified atom stereocenters. The second-order valence-corrected chi connectivity index (χ2v) is 4.42. The molecule has 0 aliphatic carbocycles. The highest BCUT2D eigenvalue weighted by Gasteiger charge is 2.14. The van der Waals surface area contributed by atoms with E-state index < -0.39 is 0 Å². The van der Waals surface area contributed by atoms with Crippen LogP contribution in [0.1, 0.15) is 0 Å². The summed E-state index contributed by atoms with van der Waals surface area (Å²) in [7, 11) is 0. The highest BCUT2D eigenvalue weighted by Crippen LogP contribution is 2.29. The molecule has 0 amide bonds. The Hall–Kier alpha value is -2.88. The lowest BCUT2D eigenvalue weighted by molar-refractivity contribution is 0.523. The van der Waals surface area contributed by atoms with Crippen LogP contribution in [0, 0.1) is 0 Å². The van der Waals surface area contributed by atoms with Crippen molar-refractivity contribution < 1.29 is 8.83 Å². The molecule has 20 heavy (non-hydrogen) atoms. The average molecular weight is 262 g/mol. The van der Waals surface area contributed by atoms with Crippen LogP contribution in [0.4, 0.5) is 0 Å². The Morgan fingerprint density at radius 3 is 2.50 bits per heavy atom. The van der Waals surface area contributed by atoms with Gasteiger partial charge in [0.25, 0.3) is 5.89 Å². The summed E-state index contributed by atoms with van der Waals surface area (Å²) in [5.74, 6) is 1.45. The quantitative estimate of drug-likeness (QED) is 0.544. The monoisotopic (exact) mass is 262 g/mol. The highest BCUT2D eigenvalue weighted by molar-refractivity contribution is 5.94. The van der Waals surface area contributed by atoms with Gasteiger partial charge in [-0.1, -0.05) is 36.4 Å². The number of benzene rings is 2. The van der Waals surface area contributed by atoms with Crippen molar-refractivity contribution in [2.24, 2.45) is 0 Å². The first kappa shape index (κ1) is 11.0. The van der Waals surface area contributed by atoms with Crippen LogP contribution in [-0.2, 0) is 0 Å². The molecule has 0 atom stereocenters. The molecule has 0 aliphatic rings. The second kappa shape index (κ2) is 4.35. The molecule has 4 rings (SSSR count). The summed E-state index contributed by atoms with van der Waals surface area (Å²) in [6, 6.07) is 17.7. The number of rotatable bonds is 2. The predicted molar refractivity (Wildman–Crippen MR) is 74.9 cm³/mol. The number of hydrogen-bond acceptors (Lipinski definition) is 4. The van der Waals surface area contributed by atoms with E-state index in [1.807, 2.05) is 30.3 Å². The first-order valence-corrected chi connectivity index (χ1v) is 6.27. The van der Waals surface area contributed by atoms with Crippen molar-refractivity contribution in [3.05, 3.63) is 60.9 Å². The van der Waals surface area contributed by atoms with Gasteiger partial charge in [-0.2, -0.15) is 0 Å². The third-order valence-corrected chi connectivity index (χ3v) is 3.18. The van der Waals surface area contributed by atoms with Crippen LogP contribution in [-0.4, -0.2) is 10.2 Å². The van der Waals surface area contributed by atoms with Crippen molar-refractivity contribution in [1.29, 1.82) is 0 Å². The van der Waals surface area contributed by atoms with Crippen molar-refractivity contribution >= 4 is 10.8 Å². The van der Waals surface area contributed by atoms with Crippen molar-refractivity contribution in [2.75, 3.05) is 0 Å². The summed E-state index contributed by atoms with van der Waals surface area (Å²) in [6.07, 6.45) is 1.58. The normalized spacial score (nSPS) is 11.0. The van der Waals surface area contributed by atoms with E-state index in [9.17, 15) is 0 Å². The lowest BCUT2D eigenvalue weighted by atomic mass is 10.0. The maximum atomic E-state index is 5.71. The number of nitrogens with zero attached hydrogens (tertiary/aromatic N) is 2. The molecule has 2 aromatic carbocycles. The summed E-state index contributed by atoms with van der Waals surface area (Å²) in [4.78, 5) is 0. The lowest BCUT2D eigenvalue weighted by Crippen LogP contribution is -1.80. The molecule has 96 valence electrons. The average Bonchev–Trinajstić information content (AvgIpc) is 3.17. The molecule has 0 saturated heterocycles. The van der Waals surface area contributed by atoms with Gasteiger partial charge in [0.2, 0.25) is 5.89 Å². The molecule has 2 aromatic heterocycles. The van der Waals surface area contributed by atoms with E-state index in [1.54, 1.807) is 18.4 Å². The predicted octanol–water partition coefficient (Wildman–Crippen LogP) is 4.15. The maximum Gasteiger partial charge on any atom is 0.283 e. The molecule has 2 heterocycles. The number of hydrogen-bond donors (Lipinski definition) is 0. The smallest absolute Gasteiger partial charge is 0.283 e. The van der Waals surface area contributed by atoms with Crippen LogP contribution in [0.15, 0.2) is 69.7 Å². The van der Waals surface area contributed by atoms with Gasteiger partial charge in [-0.15, -0.1) is 10.2 Å². The minimum atomic E-state index is 0.387. The summed E-state index contributed by atoms with van der Waals surface area (Å²) < 4.78 is 11.0. The van der Waals surface area contributed by atoms with Crippen LogP contribution >= 0.6 is 0 Å². The zero-order chi connectivity index (χ0) is 13.4. The fourth-order valence-electron chi connectivity index (χ4n) is 2.24. The van der Waals surface area contributed by atoms with E-state index in [1.165, 1.54) is 0 Å². The van der Waals surface area contributed by atoms with Gasteiger partial charge in [-0.05, 0) is 29.0 Å². The zero-order valence-electron chi connectivity index (χ0n) is 10.5. The van der Waals surface area contributed by atoms with Gasteiger partial charge < -0.3 is 8.83 Å². The third-order valence-electron chi connectivity index (χ3n) is 3.18. The molecule has 0 bridgehead atoms. The molecule has 0 fully saturated rings. The SMILES string of the molecule is c1coc(-c2nnc(-c3cccc4ccccc34)o2)c1. The van der Waals surface area contributed by atoms with Gasteiger partial charge in [0.15, 0.2) is 5.76 Å². The van der Waals surface area contributed by atoms with E-state index >= 15 is 0 Å². The third kappa shape index (κ3) is 1.70. The summed E-state index contributed by atoms with van der Waals surface area (Å²) in [5, 5.41) is 10.4. The minimum Gasteiger partial charge on any atom is -0.459 e. The van der Waals surface area contributed by atoms with Gasteiger partial charge in [0.1, 0.15) is 0 Å². The van der Waals surface area contributed by atoms with Crippen molar-refractivity contribution in [3.63, 3.8) is 0 Å². The minimum absolute atomic E-state index is 0.387. The van der Waals surface area contributed by atoms with Crippen LogP contribution < -0.4 is 0 Å². The lowest BCUT2D eigenvalue weighted by Gasteiger charge is -2.01. The Morgan fingerprint density at radius 1 is 0.750 bits per heavy atom. The summed E-state index contributed by atoms with van der Waals surface area (Å²) in [5.41, 5.74) is 0.924. The van der Waals surface area contributed by atoms with Crippen LogP contribution in [0.25, 0.3) is 33.9 Å². The van der Waals surface area contributed by atoms with E-state index in [2.05, 4.69) is 22.3 Å². The van der Waals surface area contributed by atoms with Crippen molar-refractivity contribution in [1.82, 2.24) is 10.2 Å². The fourth-order valence-corrected chi connectivity index (χ4v) is 2.24. The Labute approximate surface area is 114 Å². The molecule has 0 N–H and O–H groups in total. The van der Waals surface area contributed by atoms with E-state index in [4.69, 9.17) is 8.83 Å². The molecular weight excluding hydrogens is 252 g/mol. The van der Waals surface area contributed by atoms with E-state index in [0.29, 0.717) is 17.5 Å². The number of furan rings is 1. The Kier molecular flexibility index (Phi) is 2.39. The van der Waals surface area contributed by atoms with Crippen molar-refractivity contribution in [3.8, 4) is 23.1 Å². The van der Waals surface area contributed by atoms with Crippen LogP contribution in [0.2, 0.25) is 0 Å². The number of aromatic nitrogens is 2. The van der Waals surface area contributed by atoms with Crippen LogP contribution in [0.5, 0.6) is 0 Å². The number of fused-ring (bicyclic) bond motifs is 1. The van der Waals surface area contributed by atoms with Crippen LogP contribution in [0.3, 0.4) is 0 Å². The molecule has 0 aliphatic heterocycles. The molecule has 0 radical (unpaired) electrons. The maximum absolute atomic E-state index is 5.71. The highest BCUT2D eigenvalue weighted by atomic mass is 16.4. The van der Waals surface area contributed by atoms with E-state index in [0.717, 1.165) is 16.3 Å². The Balaban J connectivity index is 1.88. The van der Waals surface area contributed by atoms with Crippen molar-refractivity contribution in [2.45, 2.75) is 0 Å². The van der Waals surface area contributed by atoms with Gasteiger partial charge in [-0.25, -0.2) is 0 Å². The molecule has 0 spiro atoms. The fraction of sp³-hybridized carbons (Fsp3) is 0. The largest absolute Gasteiger partial charge is 0.459 e. The molecular formula is C16H10N2O2. The Bertz CT molecular complexity index is 858. The second-order valence-electron chi connectivity index (χ2n) is 4.42. The Morgan fingerprint density at radius 2 is 1.60 bits per heavy atom. The van der Waals surface area contributed by atoms with Gasteiger partial charge >= 0.3 is 0 Å². The van der Waals surface area contributed by atoms with E-state index in [-0.39, 0.29) is 0 Å². The molecule has 4 aromatic rings. The zero-order valence-corrected chi connectivity index (χ0v) is 10.5. The summed E-state index contributed by atoms with van der Waals surface area (Å²) >= 11 is 0. The standard InChI is InChI=1S/C16H10N2O2/c1-2-7-12-11(5-1)6-3-8-13(12)15-17-18-16(20-15)14-9-4-10-19-14/h1-10H. The van der Waals surface area contributed by atoms with Gasteiger partial charge in [0.05, 0.1) is 6.26 Å². The topological polar surface area (TPSA) is 52.1 Å². The first-order valence-electron chi connectivity index (χ1n) is 6.27. The molecule has 0 saturated carbocycles. The summed E-state index contributed by atoms with van der Waals surface area (Å²) in [6.45, 7) is 0. The van der Waals surface area contributed by atoms with Gasteiger partial charge in [0, 0.05) is 5.56 Å². The molecule has 4 nitrogen and oxygen atoms in total.